The van der Waals surface area contributed by atoms with Gasteiger partial charge in [-0.05, 0) is 36.6 Å². The van der Waals surface area contributed by atoms with E-state index >= 15 is 0 Å². The van der Waals surface area contributed by atoms with Gasteiger partial charge in [-0.15, -0.1) is 0 Å². The number of alkyl halides is 3. The van der Waals surface area contributed by atoms with Crippen LogP contribution in [0.2, 0.25) is 5.02 Å². The lowest BCUT2D eigenvalue weighted by atomic mass is 9.94. The highest BCUT2D eigenvalue weighted by Gasteiger charge is 2.31. The van der Waals surface area contributed by atoms with Crippen LogP contribution in [-0.4, -0.2) is 38.0 Å². The average molecular weight is 421 g/mol. The zero-order chi connectivity index (χ0) is 20.8. The van der Waals surface area contributed by atoms with Gasteiger partial charge in [-0.3, -0.25) is 4.79 Å². The van der Waals surface area contributed by atoms with Crippen LogP contribution >= 0.6 is 11.6 Å². The molecule has 1 aromatic carbocycles. The second-order valence-corrected chi connectivity index (χ2v) is 7.36. The molecule has 0 bridgehead atoms. The van der Waals surface area contributed by atoms with E-state index in [1.165, 1.54) is 22.8 Å². The fraction of sp³-hybridized carbons (Fsp3) is 0.250. The smallest absolute Gasteiger partial charge is 0.330 e. The van der Waals surface area contributed by atoms with Crippen LogP contribution in [0.15, 0.2) is 48.8 Å². The van der Waals surface area contributed by atoms with E-state index in [1.54, 1.807) is 17.2 Å². The SMILES string of the molecule is CC1CC(c2ccc(C(F)(F)F)cc2)=CCN1C(=O)c1cc2ncc(Cl)cn2n1. The quantitative estimate of drug-likeness (QED) is 0.602. The monoisotopic (exact) mass is 420 g/mol. The second-order valence-electron chi connectivity index (χ2n) is 6.92. The summed E-state index contributed by atoms with van der Waals surface area (Å²) in [6.45, 7) is 2.25. The van der Waals surface area contributed by atoms with Gasteiger partial charge in [-0.1, -0.05) is 29.8 Å². The molecule has 150 valence electrons. The van der Waals surface area contributed by atoms with E-state index in [1.807, 2.05) is 13.0 Å². The molecule has 0 spiro atoms. The molecule has 0 saturated carbocycles. The Bertz CT molecular complexity index is 1110. The molecular weight excluding hydrogens is 405 g/mol. The van der Waals surface area contributed by atoms with Crippen molar-refractivity contribution in [3.8, 4) is 0 Å². The third-order valence-corrected chi connectivity index (χ3v) is 5.12. The summed E-state index contributed by atoms with van der Waals surface area (Å²) in [6.07, 6.45) is 1.10. The van der Waals surface area contributed by atoms with Crippen LogP contribution in [0.3, 0.4) is 0 Å². The number of aromatic nitrogens is 3. The summed E-state index contributed by atoms with van der Waals surface area (Å²) in [5, 5.41) is 4.66. The summed E-state index contributed by atoms with van der Waals surface area (Å²) < 4.78 is 39.7. The second kappa shape index (κ2) is 7.18. The third-order valence-electron chi connectivity index (χ3n) is 4.93. The number of carbonyl (C=O) groups excluding carboxylic acids is 1. The molecule has 1 amide bonds. The van der Waals surface area contributed by atoms with Gasteiger partial charge in [0.1, 0.15) is 0 Å². The van der Waals surface area contributed by atoms with E-state index in [4.69, 9.17) is 11.6 Å². The van der Waals surface area contributed by atoms with Crippen molar-refractivity contribution in [2.24, 2.45) is 0 Å². The maximum atomic E-state index is 12.9. The maximum Gasteiger partial charge on any atom is 0.416 e. The van der Waals surface area contributed by atoms with E-state index in [2.05, 4.69) is 10.1 Å². The van der Waals surface area contributed by atoms with Crippen molar-refractivity contribution in [2.45, 2.75) is 25.6 Å². The Balaban J connectivity index is 1.54. The molecule has 9 heteroatoms. The minimum Gasteiger partial charge on any atom is -0.330 e. The van der Waals surface area contributed by atoms with Crippen LogP contribution in [-0.2, 0) is 6.18 Å². The first-order chi connectivity index (χ1) is 13.7. The van der Waals surface area contributed by atoms with E-state index in [0.29, 0.717) is 23.6 Å². The van der Waals surface area contributed by atoms with Gasteiger partial charge in [0.25, 0.3) is 5.91 Å². The summed E-state index contributed by atoms with van der Waals surface area (Å²) in [4.78, 5) is 18.7. The first-order valence-electron chi connectivity index (χ1n) is 8.91. The fourth-order valence-corrected chi connectivity index (χ4v) is 3.54. The molecule has 1 aliphatic heterocycles. The van der Waals surface area contributed by atoms with E-state index < -0.39 is 11.7 Å². The number of halogens is 4. The molecule has 3 heterocycles. The van der Waals surface area contributed by atoms with Crippen LogP contribution in [0.25, 0.3) is 11.2 Å². The highest BCUT2D eigenvalue weighted by Crippen LogP contribution is 2.32. The molecule has 0 saturated heterocycles. The molecule has 0 aliphatic carbocycles. The van der Waals surface area contributed by atoms with Crippen molar-refractivity contribution >= 4 is 28.7 Å². The van der Waals surface area contributed by atoms with Gasteiger partial charge < -0.3 is 4.90 Å². The lowest BCUT2D eigenvalue weighted by Crippen LogP contribution is -2.41. The van der Waals surface area contributed by atoms with Gasteiger partial charge in [-0.25, -0.2) is 9.50 Å². The van der Waals surface area contributed by atoms with Crippen molar-refractivity contribution in [1.29, 1.82) is 0 Å². The van der Waals surface area contributed by atoms with E-state index in [9.17, 15) is 18.0 Å². The molecular formula is C20H16ClF3N4O. The fourth-order valence-electron chi connectivity index (χ4n) is 3.40. The number of fused-ring (bicyclic) bond motifs is 1. The first-order valence-corrected chi connectivity index (χ1v) is 9.29. The molecule has 0 radical (unpaired) electrons. The van der Waals surface area contributed by atoms with Crippen molar-refractivity contribution < 1.29 is 18.0 Å². The highest BCUT2D eigenvalue weighted by atomic mass is 35.5. The van der Waals surface area contributed by atoms with Gasteiger partial charge in [0.2, 0.25) is 0 Å². The van der Waals surface area contributed by atoms with Gasteiger partial charge >= 0.3 is 6.18 Å². The molecule has 29 heavy (non-hydrogen) atoms. The number of nitrogens with zero attached hydrogens (tertiary/aromatic N) is 4. The molecule has 1 aliphatic rings. The van der Waals surface area contributed by atoms with Crippen LogP contribution in [0.5, 0.6) is 0 Å². The summed E-state index contributed by atoms with van der Waals surface area (Å²) in [5.41, 5.74) is 1.74. The molecule has 3 aromatic rings. The number of rotatable bonds is 2. The molecule has 4 rings (SSSR count). The summed E-state index contributed by atoms with van der Waals surface area (Å²) >= 11 is 5.90. The Morgan fingerprint density at radius 2 is 1.97 bits per heavy atom. The Labute approximate surface area is 169 Å². The summed E-state index contributed by atoms with van der Waals surface area (Å²) in [7, 11) is 0. The van der Waals surface area contributed by atoms with Crippen molar-refractivity contribution in [2.75, 3.05) is 6.54 Å². The third kappa shape index (κ3) is 3.85. The minimum absolute atomic E-state index is 0.133. The van der Waals surface area contributed by atoms with Crippen LogP contribution in [0.1, 0.15) is 35.0 Å². The van der Waals surface area contributed by atoms with Crippen LogP contribution in [0, 0.1) is 0 Å². The van der Waals surface area contributed by atoms with Crippen LogP contribution in [0.4, 0.5) is 13.2 Å². The van der Waals surface area contributed by atoms with E-state index in [-0.39, 0.29) is 17.6 Å². The first kappa shape index (κ1) is 19.4. The van der Waals surface area contributed by atoms with Crippen molar-refractivity contribution in [1.82, 2.24) is 19.5 Å². The lowest BCUT2D eigenvalue weighted by Gasteiger charge is -2.32. The maximum absolute atomic E-state index is 12.9. The largest absolute Gasteiger partial charge is 0.416 e. The molecule has 1 unspecified atom stereocenters. The van der Waals surface area contributed by atoms with E-state index in [0.717, 1.165) is 23.3 Å². The predicted octanol–water partition coefficient (Wildman–Crippen LogP) is 4.72. The summed E-state index contributed by atoms with van der Waals surface area (Å²) in [6, 6.07) is 6.55. The lowest BCUT2D eigenvalue weighted by molar-refractivity contribution is -0.137. The molecule has 0 N–H and O–H groups in total. The Hall–Kier alpha value is -2.87. The Morgan fingerprint density at radius 3 is 2.62 bits per heavy atom. The van der Waals surface area contributed by atoms with Crippen molar-refractivity contribution in [3.05, 3.63) is 70.6 Å². The Morgan fingerprint density at radius 1 is 1.24 bits per heavy atom. The zero-order valence-corrected chi connectivity index (χ0v) is 16.1. The number of hydrogen-bond donors (Lipinski definition) is 0. The Kier molecular flexibility index (Phi) is 4.82. The topological polar surface area (TPSA) is 50.5 Å². The number of hydrogen-bond acceptors (Lipinski definition) is 3. The normalized spacial score (nSPS) is 17.5. The molecule has 5 nitrogen and oxygen atoms in total. The average Bonchev–Trinajstić information content (AvgIpc) is 3.10. The predicted molar refractivity (Wildman–Crippen MR) is 103 cm³/mol. The van der Waals surface area contributed by atoms with Gasteiger partial charge in [0.05, 0.1) is 16.8 Å². The minimum atomic E-state index is -4.36. The standard InChI is InChI=1S/C20H16ClF3N4O/c1-12-8-14(13-2-4-15(5-3-13)20(22,23)24)6-7-27(12)19(29)17-9-18-25-10-16(21)11-28(18)26-17/h2-6,9-12H,7-8H2,1H3. The molecule has 0 fully saturated rings. The van der Waals surface area contributed by atoms with Gasteiger partial charge in [0.15, 0.2) is 11.3 Å². The zero-order valence-electron chi connectivity index (χ0n) is 15.3. The summed E-state index contributed by atoms with van der Waals surface area (Å²) in [5.74, 6) is -0.234. The molecule has 1 atom stereocenters. The number of amides is 1. The molecule has 2 aromatic heterocycles. The van der Waals surface area contributed by atoms with Gasteiger partial charge in [0, 0.05) is 24.8 Å². The van der Waals surface area contributed by atoms with Gasteiger partial charge in [-0.2, -0.15) is 18.3 Å². The van der Waals surface area contributed by atoms with Crippen LogP contribution < -0.4 is 0 Å². The highest BCUT2D eigenvalue weighted by molar-refractivity contribution is 6.30. The number of benzene rings is 1. The number of carbonyl (C=O) groups is 1. The van der Waals surface area contributed by atoms with Crippen molar-refractivity contribution in [3.63, 3.8) is 0 Å².